The minimum Gasteiger partial charge on any atom is -0.508 e. The van der Waals surface area contributed by atoms with Crippen molar-refractivity contribution in [3.8, 4) is 5.75 Å². The van der Waals surface area contributed by atoms with E-state index in [0.717, 1.165) is 57.5 Å². The molecule has 0 unspecified atom stereocenters. The van der Waals surface area contributed by atoms with Gasteiger partial charge in [0, 0.05) is 32.8 Å². The number of ether oxygens (including phenoxy) is 1. The van der Waals surface area contributed by atoms with Crippen LogP contribution < -0.4 is 0 Å². The first-order valence-electron chi connectivity index (χ1n) is 8.60. The molecule has 1 aromatic carbocycles. The molecule has 23 heavy (non-hydrogen) atoms. The molecule has 126 valence electrons. The minimum atomic E-state index is 0.222. The molecule has 1 aromatic rings. The van der Waals surface area contributed by atoms with E-state index in [1.54, 1.807) is 12.1 Å². The number of hydrogen-bond donors (Lipinski definition) is 1. The summed E-state index contributed by atoms with van der Waals surface area (Å²) in [5.74, 6) is 0.492. The van der Waals surface area contributed by atoms with Crippen LogP contribution in [-0.2, 0) is 16.1 Å². The Labute approximate surface area is 137 Å². The number of carbonyl (C=O) groups excluding carboxylic acids is 1. The summed E-state index contributed by atoms with van der Waals surface area (Å²) >= 11 is 0. The van der Waals surface area contributed by atoms with E-state index in [0.29, 0.717) is 13.1 Å². The summed E-state index contributed by atoms with van der Waals surface area (Å²) in [5.41, 5.74) is 1.11. The molecule has 2 fully saturated rings. The Morgan fingerprint density at radius 3 is 2.61 bits per heavy atom. The van der Waals surface area contributed by atoms with E-state index < -0.39 is 0 Å². The molecule has 5 heteroatoms. The van der Waals surface area contributed by atoms with Gasteiger partial charge in [-0.05, 0) is 43.4 Å². The Kier molecular flexibility index (Phi) is 5.51. The van der Waals surface area contributed by atoms with Crippen LogP contribution in [0.5, 0.6) is 5.75 Å². The number of aromatic hydroxyl groups is 1. The number of amides is 1. The van der Waals surface area contributed by atoms with Gasteiger partial charge in [-0.3, -0.25) is 9.69 Å². The largest absolute Gasteiger partial charge is 0.508 e. The molecule has 5 nitrogen and oxygen atoms in total. The molecule has 1 atom stereocenters. The number of phenols is 1. The normalized spacial score (nSPS) is 21.3. The van der Waals surface area contributed by atoms with Gasteiger partial charge in [-0.2, -0.15) is 0 Å². The summed E-state index contributed by atoms with van der Waals surface area (Å²) < 4.78 is 5.74. The van der Waals surface area contributed by atoms with Gasteiger partial charge in [0.15, 0.2) is 0 Å². The van der Waals surface area contributed by atoms with Gasteiger partial charge in [-0.15, -0.1) is 0 Å². The smallest absolute Gasteiger partial charge is 0.236 e. The van der Waals surface area contributed by atoms with Crippen molar-refractivity contribution in [2.75, 3.05) is 32.8 Å². The first-order valence-corrected chi connectivity index (χ1v) is 8.60. The van der Waals surface area contributed by atoms with Crippen molar-refractivity contribution in [3.63, 3.8) is 0 Å². The Morgan fingerprint density at radius 1 is 1.22 bits per heavy atom. The molecule has 2 heterocycles. The first-order chi connectivity index (χ1) is 11.2. The van der Waals surface area contributed by atoms with Crippen LogP contribution in [0.25, 0.3) is 0 Å². The maximum Gasteiger partial charge on any atom is 0.236 e. The summed E-state index contributed by atoms with van der Waals surface area (Å²) in [4.78, 5) is 16.6. The number of benzene rings is 1. The molecule has 2 aliphatic heterocycles. The average Bonchev–Trinajstić information content (AvgIpc) is 3.22. The predicted molar refractivity (Wildman–Crippen MR) is 88.2 cm³/mol. The third-order valence-corrected chi connectivity index (χ3v) is 4.65. The number of phenolic OH excluding ortho intramolecular Hbond substituents is 1. The maximum absolute atomic E-state index is 12.5. The second-order valence-electron chi connectivity index (χ2n) is 6.56. The summed E-state index contributed by atoms with van der Waals surface area (Å²) in [5, 5.41) is 9.42. The summed E-state index contributed by atoms with van der Waals surface area (Å²) in [6.07, 6.45) is 4.66. The van der Waals surface area contributed by atoms with Crippen LogP contribution in [0.3, 0.4) is 0 Å². The lowest BCUT2D eigenvalue weighted by molar-refractivity contribution is -0.131. The van der Waals surface area contributed by atoms with Gasteiger partial charge in [0.05, 0.1) is 12.6 Å². The van der Waals surface area contributed by atoms with Crippen molar-refractivity contribution in [1.82, 2.24) is 9.80 Å². The molecular weight excluding hydrogens is 292 g/mol. The lowest BCUT2D eigenvalue weighted by Crippen LogP contribution is -2.41. The third-order valence-electron chi connectivity index (χ3n) is 4.65. The Hall–Kier alpha value is -1.59. The second-order valence-corrected chi connectivity index (χ2v) is 6.56. The maximum atomic E-state index is 12.5. The van der Waals surface area contributed by atoms with Crippen molar-refractivity contribution in [2.45, 2.75) is 38.3 Å². The highest BCUT2D eigenvalue weighted by molar-refractivity contribution is 5.78. The number of nitrogens with zero attached hydrogens (tertiary/aromatic N) is 2. The van der Waals surface area contributed by atoms with Crippen molar-refractivity contribution in [2.24, 2.45) is 0 Å². The van der Waals surface area contributed by atoms with Crippen LogP contribution in [0.1, 0.15) is 31.2 Å². The Bertz CT molecular complexity index is 506. The summed E-state index contributed by atoms with van der Waals surface area (Å²) in [7, 11) is 0. The predicted octanol–water partition coefficient (Wildman–Crippen LogP) is 2.00. The van der Waals surface area contributed by atoms with Crippen LogP contribution in [0.2, 0.25) is 0 Å². The molecule has 0 radical (unpaired) electrons. The number of likely N-dealkylation sites (tertiary alicyclic amines) is 1. The fourth-order valence-electron chi connectivity index (χ4n) is 3.38. The molecule has 0 spiro atoms. The van der Waals surface area contributed by atoms with Crippen LogP contribution in [-0.4, -0.2) is 59.7 Å². The molecule has 1 N–H and O–H groups in total. The monoisotopic (exact) mass is 318 g/mol. The third kappa shape index (κ3) is 4.69. The fraction of sp³-hybridized carbons (Fsp3) is 0.611. The average molecular weight is 318 g/mol. The molecule has 0 bridgehead atoms. The minimum absolute atomic E-state index is 0.222. The van der Waals surface area contributed by atoms with Crippen molar-refractivity contribution < 1.29 is 14.6 Å². The number of hydrogen-bond acceptors (Lipinski definition) is 4. The molecule has 3 rings (SSSR count). The van der Waals surface area contributed by atoms with Gasteiger partial charge in [-0.1, -0.05) is 12.1 Å². The van der Waals surface area contributed by atoms with Crippen LogP contribution in [0.15, 0.2) is 24.3 Å². The van der Waals surface area contributed by atoms with Crippen molar-refractivity contribution >= 4 is 5.91 Å². The van der Waals surface area contributed by atoms with Crippen LogP contribution in [0, 0.1) is 0 Å². The van der Waals surface area contributed by atoms with Crippen LogP contribution in [0.4, 0.5) is 0 Å². The lowest BCUT2D eigenvalue weighted by atomic mass is 10.1. The first kappa shape index (κ1) is 16.3. The van der Waals surface area contributed by atoms with Gasteiger partial charge in [0.2, 0.25) is 5.91 Å². The van der Waals surface area contributed by atoms with Gasteiger partial charge in [-0.25, -0.2) is 0 Å². The SMILES string of the molecule is O=C(CN(Cc1ccc(O)cc1)C[C@H]1CCCO1)N1CCCC1. The molecule has 2 saturated heterocycles. The quantitative estimate of drug-likeness (QED) is 0.871. The number of rotatable bonds is 6. The highest BCUT2D eigenvalue weighted by Gasteiger charge is 2.24. The van der Waals surface area contributed by atoms with Crippen molar-refractivity contribution in [1.29, 1.82) is 0 Å². The number of carbonyl (C=O) groups is 1. The highest BCUT2D eigenvalue weighted by Crippen LogP contribution is 2.17. The van der Waals surface area contributed by atoms with E-state index in [9.17, 15) is 9.90 Å². The molecular formula is C18H26N2O3. The highest BCUT2D eigenvalue weighted by atomic mass is 16.5. The van der Waals surface area contributed by atoms with E-state index in [1.807, 2.05) is 17.0 Å². The topological polar surface area (TPSA) is 53.0 Å². The summed E-state index contributed by atoms with van der Waals surface area (Å²) in [6, 6.07) is 7.22. The zero-order valence-electron chi connectivity index (χ0n) is 13.6. The van der Waals surface area contributed by atoms with E-state index in [4.69, 9.17) is 4.74 Å². The second kappa shape index (κ2) is 7.79. The lowest BCUT2D eigenvalue weighted by Gasteiger charge is -2.27. The van der Waals surface area contributed by atoms with E-state index in [2.05, 4.69) is 4.90 Å². The molecule has 0 aliphatic carbocycles. The van der Waals surface area contributed by atoms with E-state index >= 15 is 0 Å². The Morgan fingerprint density at radius 2 is 1.96 bits per heavy atom. The van der Waals surface area contributed by atoms with Gasteiger partial charge in [0.1, 0.15) is 5.75 Å². The van der Waals surface area contributed by atoms with E-state index in [1.165, 1.54) is 0 Å². The van der Waals surface area contributed by atoms with Gasteiger partial charge >= 0.3 is 0 Å². The molecule has 0 aromatic heterocycles. The molecule has 0 saturated carbocycles. The standard InChI is InChI=1S/C18H26N2O3/c21-16-7-5-15(6-8-16)12-19(13-17-4-3-11-23-17)14-18(22)20-9-1-2-10-20/h5-8,17,21H,1-4,9-14H2/t17-/m1/s1. The molecule has 1 amide bonds. The van der Waals surface area contributed by atoms with E-state index in [-0.39, 0.29) is 17.8 Å². The zero-order chi connectivity index (χ0) is 16.1. The Balaban J connectivity index is 1.62. The van der Waals surface area contributed by atoms with Gasteiger partial charge in [0.25, 0.3) is 0 Å². The zero-order valence-corrected chi connectivity index (χ0v) is 13.6. The van der Waals surface area contributed by atoms with Gasteiger partial charge < -0.3 is 14.7 Å². The molecule has 2 aliphatic rings. The summed E-state index contributed by atoms with van der Waals surface area (Å²) in [6.45, 7) is 4.57. The van der Waals surface area contributed by atoms with Crippen molar-refractivity contribution in [3.05, 3.63) is 29.8 Å². The fourth-order valence-corrected chi connectivity index (χ4v) is 3.38. The van der Waals surface area contributed by atoms with Crippen LogP contribution >= 0.6 is 0 Å².